The predicted molar refractivity (Wildman–Crippen MR) is 87.6 cm³/mol. The Balaban J connectivity index is 1.90. The average Bonchev–Trinajstić information content (AvgIpc) is 2.92. The number of benzene rings is 1. The van der Waals surface area contributed by atoms with Crippen LogP contribution in [0.5, 0.6) is 0 Å². The van der Waals surface area contributed by atoms with Crippen molar-refractivity contribution in [2.45, 2.75) is 30.8 Å². The minimum atomic E-state index is 0.205. The van der Waals surface area contributed by atoms with Gasteiger partial charge in [0, 0.05) is 46.5 Å². The molecule has 3 N–H and O–H groups in total. The molecule has 20 heavy (non-hydrogen) atoms. The molecule has 108 valence electrons. The fourth-order valence-electron chi connectivity index (χ4n) is 1.93. The Morgan fingerprint density at radius 3 is 2.80 bits per heavy atom. The van der Waals surface area contributed by atoms with E-state index in [1.807, 2.05) is 12.4 Å². The number of nitrogens with zero attached hydrogens (tertiary/aromatic N) is 2. The fourth-order valence-corrected chi connectivity index (χ4v) is 3.13. The third-order valence-electron chi connectivity index (χ3n) is 3.07. The summed E-state index contributed by atoms with van der Waals surface area (Å²) in [5, 5.41) is 0. The molecule has 1 unspecified atom stereocenters. The lowest BCUT2D eigenvalue weighted by atomic mass is 10.2. The zero-order chi connectivity index (χ0) is 14.4. The molecule has 1 atom stereocenters. The number of rotatable bonds is 7. The molecule has 0 radical (unpaired) electrons. The topological polar surface area (TPSA) is 55.9 Å². The van der Waals surface area contributed by atoms with Gasteiger partial charge in [0.2, 0.25) is 0 Å². The maximum atomic E-state index is 5.66. The molecule has 2 rings (SSSR count). The van der Waals surface area contributed by atoms with Crippen LogP contribution in [0.1, 0.15) is 12.7 Å². The highest BCUT2D eigenvalue weighted by atomic mass is 79.9. The highest BCUT2D eigenvalue weighted by molar-refractivity contribution is 9.10. The highest BCUT2D eigenvalue weighted by Gasteiger charge is 2.12. The van der Waals surface area contributed by atoms with Crippen LogP contribution in [0.3, 0.4) is 0 Å². The Morgan fingerprint density at radius 1 is 1.40 bits per heavy atom. The lowest BCUT2D eigenvalue weighted by molar-refractivity contribution is 0.543. The van der Waals surface area contributed by atoms with Gasteiger partial charge in [-0.2, -0.15) is 0 Å². The number of aromatic nitrogens is 2. The maximum absolute atomic E-state index is 5.66. The van der Waals surface area contributed by atoms with Gasteiger partial charge in [0.05, 0.1) is 0 Å². The van der Waals surface area contributed by atoms with Gasteiger partial charge in [-0.25, -0.2) is 4.98 Å². The highest BCUT2D eigenvalue weighted by Crippen LogP contribution is 2.21. The third kappa shape index (κ3) is 4.34. The lowest BCUT2D eigenvalue weighted by Gasteiger charge is -2.16. The Kier molecular flexibility index (Phi) is 6.09. The molecule has 1 aromatic carbocycles. The second kappa shape index (κ2) is 7.83. The second-order valence-electron chi connectivity index (χ2n) is 4.46. The van der Waals surface area contributed by atoms with E-state index >= 15 is 0 Å². The quantitative estimate of drug-likeness (QED) is 0.456. The summed E-state index contributed by atoms with van der Waals surface area (Å²) in [6.07, 6.45) is 4.68. The molecule has 1 aromatic heterocycles. The molecule has 0 aliphatic carbocycles. The van der Waals surface area contributed by atoms with Crippen molar-refractivity contribution in [2.75, 3.05) is 5.75 Å². The number of hydrogen-bond donors (Lipinski definition) is 2. The summed E-state index contributed by atoms with van der Waals surface area (Å²) in [6, 6.07) is 8.52. The van der Waals surface area contributed by atoms with Crippen molar-refractivity contribution < 1.29 is 0 Å². The predicted octanol–water partition coefficient (Wildman–Crippen LogP) is 2.83. The number of nitrogens with two attached hydrogens (primary N) is 1. The van der Waals surface area contributed by atoms with Gasteiger partial charge in [0.1, 0.15) is 5.82 Å². The number of hydrazine groups is 1. The number of nitrogens with one attached hydrogen (secondary N) is 1. The number of hydrogen-bond acceptors (Lipinski definition) is 4. The van der Waals surface area contributed by atoms with Gasteiger partial charge < -0.3 is 4.57 Å². The van der Waals surface area contributed by atoms with Crippen molar-refractivity contribution in [2.24, 2.45) is 5.84 Å². The van der Waals surface area contributed by atoms with Gasteiger partial charge in [-0.1, -0.05) is 15.9 Å². The van der Waals surface area contributed by atoms with Crippen LogP contribution in [-0.4, -0.2) is 21.3 Å². The number of thioether (sulfide) groups is 1. The summed E-state index contributed by atoms with van der Waals surface area (Å²) in [6.45, 7) is 3.05. The number of halogens is 1. The van der Waals surface area contributed by atoms with E-state index in [1.54, 1.807) is 11.8 Å². The summed E-state index contributed by atoms with van der Waals surface area (Å²) >= 11 is 5.24. The first kappa shape index (κ1) is 15.6. The molecule has 0 saturated heterocycles. The molecule has 4 nitrogen and oxygen atoms in total. The largest absolute Gasteiger partial charge is 0.335 e. The molecule has 0 amide bonds. The van der Waals surface area contributed by atoms with Crippen LogP contribution >= 0.6 is 27.7 Å². The maximum Gasteiger partial charge on any atom is 0.110 e. The molecule has 6 heteroatoms. The molecule has 0 aliphatic heterocycles. The zero-order valence-corrected chi connectivity index (χ0v) is 13.8. The van der Waals surface area contributed by atoms with Crippen LogP contribution in [0.4, 0.5) is 0 Å². The second-order valence-corrected chi connectivity index (χ2v) is 6.47. The van der Waals surface area contributed by atoms with Crippen LogP contribution < -0.4 is 11.3 Å². The van der Waals surface area contributed by atoms with E-state index in [1.165, 1.54) is 4.90 Å². The van der Waals surface area contributed by atoms with Crippen LogP contribution in [0.15, 0.2) is 46.0 Å². The molecule has 0 saturated carbocycles. The van der Waals surface area contributed by atoms with Crippen molar-refractivity contribution >= 4 is 27.7 Å². The van der Waals surface area contributed by atoms with Crippen LogP contribution in [-0.2, 0) is 13.0 Å². The average molecular weight is 355 g/mol. The van der Waals surface area contributed by atoms with Crippen molar-refractivity contribution in [1.29, 1.82) is 0 Å². The number of imidazole rings is 1. The van der Waals surface area contributed by atoms with Crippen LogP contribution in [0, 0.1) is 0 Å². The van der Waals surface area contributed by atoms with E-state index < -0.39 is 0 Å². The summed E-state index contributed by atoms with van der Waals surface area (Å²) in [4.78, 5) is 5.64. The fraction of sp³-hybridized carbons (Fsp3) is 0.357. The molecule has 0 bridgehead atoms. The first-order chi connectivity index (χ1) is 9.72. The van der Waals surface area contributed by atoms with Gasteiger partial charge in [-0.05, 0) is 31.2 Å². The normalized spacial score (nSPS) is 12.6. The minimum Gasteiger partial charge on any atom is -0.335 e. The van der Waals surface area contributed by atoms with Crippen molar-refractivity contribution in [3.8, 4) is 0 Å². The summed E-state index contributed by atoms with van der Waals surface area (Å²) in [5.74, 6) is 7.65. The minimum absolute atomic E-state index is 0.205. The molecular weight excluding hydrogens is 336 g/mol. The van der Waals surface area contributed by atoms with Crippen molar-refractivity contribution in [1.82, 2.24) is 15.0 Å². The lowest BCUT2D eigenvalue weighted by Crippen LogP contribution is -2.39. The van der Waals surface area contributed by atoms with Gasteiger partial charge >= 0.3 is 0 Å². The Hall–Kier alpha value is -0.820. The zero-order valence-electron chi connectivity index (χ0n) is 11.4. The number of aryl methyl sites for hydroxylation is 1. The van der Waals surface area contributed by atoms with Crippen LogP contribution in [0.2, 0.25) is 0 Å². The Labute approximate surface area is 132 Å². The van der Waals surface area contributed by atoms with E-state index in [9.17, 15) is 0 Å². The Morgan fingerprint density at radius 2 is 2.15 bits per heavy atom. The smallest absolute Gasteiger partial charge is 0.110 e. The summed E-state index contributed by atoms with van der Waals surface area (Å²) < 4.78 is 3.24. The van der Waals surface area contributed by atoms with Gasteiger partial charge in [0.25, 0.3) is 0 Å². The molecule has 2 aromatic rings. The standard InChI is InChI=1S/C14H19BrN4S/c1-2-19-8-7-17-14(19)9-12(18-16)10-20-13-5-3-11(15)4-6-13/h3-8,12,18H,2,9-10,16H2,1H3. The van der Waals surface area contributed by atoms with Crippen LogP contribution in [0.25, 0.3) is 0 Å². The van der Waals surface area contributed by atoms with E-state index in [-0.39, 0.29) is 6.04 Å². The van der Waals surface area contributed by atoms with E-state index in [0.29, 0.717) is 0 Å². The molecule has 0 aliphatic rings. The van der Waals surface area contributed by atoms with Gasteiger partial charge in [-0.15, -0.1) is 11.8 Å². The SMILES string of the molecule is CCn1ccnc1CC(CSc1ccc(Br)cc1)NN. The molecule has 0 fully saturated rings. The summed E-state index contributed by atoms with van der Waals surface area (Å²) in [7, 11) is 0. The molecule has 0 spiro atoms. The third-order valence-corrected chi connectivity index (χ3v) is 4.78. The van der Waals surface area contributed by atoms with Crippen molar-refractivity contribution in [3.63, 3.8) is 0 Å². The monoisotopic (exact) mass is 354 g/mol. The van der Waals surface area contributed by atoms with Crippen molar-refractivity contribution in [3.05, 3.63) is 47.0 Å². The molecular formula is C14H19BrN4S. The van der Waals surface area contributed by atoms with Gasteiger partial charge in [0.15, 0.2) is 0 Å². The first-order valence-electron chi connectivity index (χ1n) is 6.57. The summed E-state index contributed by atoms with van der Waals surface area (Å²) in [5.41, 5.74) is 2.89. The Bertz CT molecular complexity index is 526. The van der Waals surface area contributed by atoms with E-state index in [2.05, 4.69) is 62.1 Å². The molecule has 1 heterocycles. The van der Waals surface area contributed by atoms with E-state index in [4.69, 9.17) is 5.84 Å². The first-order valence-corrected chi connectivity index (χ1v) is 8.35. The van der Waals surface area contributed by atoms with Gasteiger partial charge in [-0.3, -0.25) is 11.3 Å². The van der Waals surface area contributed by atoms with E-state index in [0.717, 1.165) is 29.0 Å².